The van der Waals surface area contributed by atoms with E-state index >= 15 is 0 Å². The summed E-state index contributed by atoms with van der Waals surface area (Å²) in [6.07, 6.45) is 1.50. The first kappa shape index (κ1) is 16.5. The topological polar surface area (TPSA) is 59.1 Å². The largest absolute Gasteiger partial charge is 0.381 e. The minimum atomic E-state index is -0.0785. The van der Waals surface area contributed by atoms with Gasteiger partial charge in [0.25, 0.3) is 0 Å². The van der Waals surface area contributed by atoms with Crippen LogP contribution < -0.4 is 0 Å². The number of nitrogens with zero attached hydrogens (tertiary/aromatic N) is 2. The highest BCUT2D eigenvalue weighted by Gasteiger charge is 2.45. The van der Waals surface area contributed by atoms with Crippen molar-refractivity contribution >= 4 is 11.8 Å². The molecule has 0 saturated carbocycles. The molecule has 6 nitrogen and oxygen atoms in total. The highest BCUT2D eigenvalue weighted by molar-refractivity contribution is 5.81. The average Bonchev–Trinajstić information content (AvgIpc) is 3.10. The predicted molar refractivity (Wildman–Crippen MR) is 90.6 cm³/mol. The van der Waals surface area contributed by atoms with Crippen molar-refractivity contribution in [1.82, 2.24) is 9.80 Å². The Morgan fingerprint density at radius 1 is 1.12 bits per heavy atom. The van der Waals surface area contributed by atoms with Crippen LogP contribution in [0.4, 0.5) is 0 Å². The van der Waals surface area contributed by atoms with Crippen LogP contribution in [0.5, 0.6) is 0 Å². The van der Waals surface area contributed by atoms with Gasteiger partial charge in [0.15, 0.2) is 0 Å². The molecule has 0 N–H and O–H groups in total. The fraction of sp³-hybridized carbons (Fsp3) is 0.579. The smallest absolute Gasteiger partial charge is 0.249 e. The van der Waals surface area contributed by atoms with Gasteiger partial charge in [-0.15, -0.1) is 0 Å². The minimum absolute atomic E-state index is 0.00506. The molecule has 2 amide bonds. The van der Waals surface area contributed by atoms with Crippen molar-refractivity contribution in [2.75, 3.05) is 32.9 Å². The van der Waals surface area contributed by atoms with E-state index in [2.05, 4.69) is 0 Å². The zero-order valence-corrected chi connectivity index (χ0v) is 14.3. The van der Waals surface area contributed by atoms with Crippen molar-refractivity contribution in [1.29, 1.82) is 0 Å². The van der Waals surface area contributed by atoms with Gasteiger partial charge in [-0.3, -0.25) is 9.59 Å². The molecule has 3 aliphatic heterocycles. The van der Waals surface area contributed by atoms with Gasteiger partial charge >= 0.3 is 0 Å². The van der Waals surface area contributed by atoms with Gasteiger partial charge in [0.1, 0.15) is 6.61 Å². The maximum atomic E-state index is 12.8. The maximum Gasteiger partial charge on any atom is 0.249 e. The molecule has 0 aliphatic carbocycles. The molecule has 3 fully saturated rings. The predicted octanol–water partition coefficient (Wildman–Crippen LogP) is 1.05. The molecule has 0 radical (unpaired) electrons. The van der Waals surface area contributed by atoms with Crippen LogP contribution >= 0.6 is 0 Å². The van der Waals surface area contributed by atoms with Crippen LogP contribution in [0.15, 0.2) is 30.3 Å². The fourth-order valence-electron chi connectivity index (χ4n) is 4.03. The third-order valence-electron chi connectivity index (χ3n) is 5.46. The zero-order valence-electron chi connectivity index (χ0n) is 14.3. The molecule has 0 unspecified atom stereocenters. The lowest BCUT2D eigenvalue weighted by molar-refractivity contribution is -0.153. The third-order valence-corrected chi connectivity index (χ3v) is 5.46. The molecule has 1 aromatic rings. The number of benzene rings is 1. The van der Waals surface area contributed by atoms with Gasteiger partial charge in [-0.1, -0.05) is 30.3 Å². The van der Waals surface area contributed by atoms with Crippen LogP contribution in [-0.2, 0) is 25.6 Å². The van der Waals surface area contributed by atoms with E-state index in [0.717, 1.165) is 18.4 Å². The van der Waals surface area contributed by atoms with Gasteiger partial charge in [-0.2, -0.15) is 0 Å². The molecular formula is C19H24N2O4. The van der Waals surface area contributed by atoms with Crippen LogP contribution in [-0.4, -0.2) is 66.7 Å². The number of amides is 2. The van der Waals surface area contributed by atoms with E-state index in [4.69, 9.17) is 9.47 Å². The number of morpholine rings is 1. The van der Waals surface area contributed by atoms with E-state index in [1.807, 2.05) is 40.1 Å². The first-order chi connectivity index (χ1) is 12.2. The number of rotatable bonds is 3. The van der Waals surface area contributed by atoms with Crippen LogP contribution in [0.1, 0.15) is 18.4 Å². The van der Waals surface area contributed by atoms with Gasteiger partial charge in [-0.05, 0) is 18.4 Å². The average molecular weight is 344 g/mol. The molecule has 1 aromatic carbocycles. The molecule has 6 heteroatoms. The molecule has 3 aliphatic rings. The number of hydrogen-bond acceptors (Lipinski definition) is 4. The van der Waals surface area contributed by atoms with Crippen molar-refractivity contribution in [2.45, 2.75) is 31.5 Å². The molecular weight excluding hydrogens is 320 g/mol. The standard InChI is InChI=1S/C19H24N2O4/c22-18-13-25-17-12-20(19(23)15-6-8-24-9-7-15)11-16(17)21(18)10-14-4-2-1-3-5-14/h1-5,15-17H,6-13H2/t16-,17-/m1/s1. The second kappa shape index (κ2) is 7.14. The third kappa shape index (κ3) is 3.41. The molecule has 0 bridgehead atoms. The van der Waals surface area contributed by atoms with Crippen molar-refractivity contribution in [3.63, 3.8) is 0 Å². The Balaban J connectivity index is 1.46. The number of carbonyl (C=O) groups is 2. The lowest BCUT2D eigenvalue weighted by Crippen LogP contribution is -2.53. The zero-order chi connectivity index (χ0) is 17.2. The lowest BCUT2D eigenvalue weighted by Gasteiger charge is -2.36. The van der Waals surface area contributed by atoms with E-state index in [0.29, 0.717) is 32.8 Å². The molecule has 4 rings (SSSR count). The van der Waals surface area contributed by atoms with Crippen molar-refractivity contribution < 1.29 is 19.1 Å². The Morgan fingerprint density at radius 2 is 1.88 bits per heavy atom. The summed E-state index contributed by atoms with van der Waals surface area (Å²) < 4.78 is 11.1. The summed E-state index contributed by atoms with van der Waals surface area (Å²) in [6, 6.07) is 9.93. The van der Waals surface area contributed by atoms with E-state index in [9.17, 15) is 9.59 Å². The fourth-order valence-corrected chi connectivity index (χ4v) is 4.03. The number of fused-ring (bicyclic) bond motifs is 1. The Morgan fingerprint density at radius 3 is 2.64 bits per heavy atom. The highest BCUT2D eigenvalue weighted by atomic mass is 16.5. The van der Waals surface area contributed by atoms with Crippen LogP contribution in [0.2, 0.25) is 0 Å². The first-order valence-corrected chi connectivity index (χ1v) is 9.04. The minimum Gasteiger partial charge on any atom is -0.381 e. The summed E-state index contributed by atoms with van der Waals surface area (Å²) in [6.45, 7) is 3.15. The molecule has 3 saturated heterocycles. The number of hydrogen-bond donors (Lipinski definition) is 0. The molecule has 2 atom stereocenters. The van der Waals surface area contributed by atoms with Crippen LogP contribution in [0.3, 0.4) is 0 Å². The maximum absolute atomic E-state index is 12.8. The van der Waals surface area contributed by atoms with Gasteiger partial charge in [0.05, 0.1) is 12.1 Å². The Bertz CT molecular complexity index is 630. The number of carbonyl (C=O) groups excluding carboxylic acids is 2. The van der Waals surface area contributed by atoms with Crippen molar-refractivity contribution in [2.24, 2.45) is 5.92 Å². The Kier molecular flexibility index (Phi) is 4.72. The van der Waals surface area contributed by atoms with Crippen molar-refractivity contribution in [3.8, 4) is 0 Å². The summed E-state index contributed by atoms with van der Waals surface area (Å²) in [5.41, 5.74) is 1.10. The van der Waals surface area contributed by atoms with E-state index in [1.54, 1.807) is 0 Å². The highest BCUT2D eigenvalue weighted by Crippen LogP contribution is 2.28. The second-order valence-electron chi connectivity index (χ2n) is 7.05. The first-order valence-electron chi connectivity index (χ1n) is 9.04. The monoisotopic (exact) mass is 344 g/mol. The van der Waals surface area contributed by atoms with Gasteiger partial charge in [-0.25, -0.2) is 0 Å². The molecule has 3 heterocycles. The summed E-state index contributed by atoms with van der Waals surface area (Å²) in [5, 5.41) is 0. The molecule has 134 valence electrons. The normalized spacial score (nSPS) is 27.4. The summed E-state index contributed by atoms with van der Waals surface area (Å²) in [7, 11) is 0. The quantitative estimate of drug-likeness (QED) is 0.822. The van der Waals surface area contributed by atoms with E-state index in [-0.39, 0.29) is 36.5 Å². The lowest BCUT2D eigenvalue weighted by atomic mass is 9.99. The molecule has 25 heavy (non-hydrogen) atoms. The van der Waals surface area contributed by atoms with E-state index < -0.39 is 0 Å². The van der Waals surface area contributed by atoms with E-state index in [1.165, 1.54) is 0 Å². The Hall–Kier alpha value is -1.92. The molecule has 0 spiro atoms. The SMILES string of the molecule is O=C(C1CCOCC1)N1C[C@@H]2[C@@H](C1)OCC(=O)N2Cc1ccccc1. The molecule has 0 aromatic heterocycles. The summed E-state index contributed by atoms with van der Waals surface area (Å²) >= 11 is 0. The summed E-state index contributed by atoms with van der Waals surface area (Å²) in [4.78, 5) is 29.0. The number of ether oxygens (including phenoxy) is 2. The van der Waals surface area contributed by atoms with Crippen LogP contribution in [0.25, 0.3) is 0 Å². The van der Waals surface area contributed by atoms with Gasteiger partial charge in [0, 0.05) is 38.8 Å². The Labute approximate surface area is 147 Å². The van der Waals surface area contributed by atoms with Crippen molar-refractivity contribution in [3.05, 3.63) is 35.9 Å². The second-order valence-corrected chi connectivity index (χ2v) is 7.05. The number of likely N-dealkylation sites (tertiary alicyclic amines) is 1. The van der Waals surface area contributed by atoms with Gasteiger partial charge < -0.3 is 19.3 Å². The van der Waals surface area contributed by atoms with Gasteiger partial charge in [0.2, 0.25) is 11.8 Å². The van der Waals surface area contributed by atoms with Crippen LogP contribution in [0, 0.1) is 5.92 Å². The summed E-state index contributed by atoms with van der Waals surface area (Å²) in [5.74, 6) is 0.242.